The molecule has 144 valence electrons. The molecule has 0 atom stereocenters. The fraction of sp³-hybridized carbons (Fsp3) is 0.250. The molecule has 1 saturated heterocycles. The summed E-state index contributed by atoms with van der Waals surface area (Å²) in [5.41, 5.74) is 1.07. The number of nitrogens with zero attached hydrogens (tertiary/aromatic N) is 5. The van der Waals surface area contributed by atoms with Crippen LogP contribution in [0, 0.1) is 0 Å². The Morgan fingerprint density at radius 2 is 1.86 bits per heavy atom. The highest BCUT2D eigenvalue weighted by Crippen LogP contribution is 2.31. The number of hydrogen-bond donors (Lipinski definition) is 0. The first kappa shape index (κ1) is 18.8. The molecule has 0 spiro atoms. The Labute approximate surface area is 172 Å². The zero-order valence-corrected chi connectivity index (χ0v) is 16.9. The van der Waals surface area contributed by atoms with Gasteiger partial charge in [0.05, 0.1) is 21.2 Å². The minimum absolute atomic E-state index is 0.208. The second-order valence-corrected chi connectivity index (χ2v) is 7.42. The molecule has 0 amide bonds. The minimum Gasteiger partial charge on any atom is -0.374 e. The maximum atomic E-state index is 12.3. The largest absolute Gasteiger partial charge is 0.374 e. The van der Waals surface area contributed by atoms with Crippen molar-refractivity contribution in [1.82, 2.24) is 19.4 Å². The molecule has 1 fully saturated rings. The highest BCUT2D eigenvalue weighted by atomic mass is 35.5. The number of halogens is 2. The second-order valence-electron chi connectivity index (χ2n) is 6.58. The van der Waals surface area contributed by atoms with E-state index in [1.165, 1.54) is 10.6 Å². The first-order valence-electron chi connectivity index (χ1n) is 9.01. The van der Waals surface area contributed by atoms with Crippen molar-refractivity contribution in [3.8, 4) is 5.69 Å². The molecule has 28 heavy (non-hydrogen) atoms. The van der Waals surface area contributed by atoms with E-state index in [4.69, 9.17) is 23.2 Å². The van der Waals surface area contributed by atoms with Crippen molar-refractivity contribution < 1.29 is 0 Å². The van der Waals surface area contributed by atoms with Crippen LogP contribution < -0.4 is 10.5 Å². The topological polar surface area (TPSA) is 54.3 Å². The van der Waals surface area contributed by atoms with Gasteiger partial charge in [-0.2, -0.15) is 0 Å². The number of pyridine rings is 1. The maximum absolute atomic E-state index is 12.3. The van der Waals surface area contributed by atoms with Crippen LogP contribution in [0.4, 0.5) is 5.82 Å². The third kappa shape index (κ3) is 3.57. The molecule has 3 heterocycles. The van der Waals surface area contributed by atoms with Gasteiger partial charge in [0, 0.05) is 43.8 Å². The summed E-state index contributed by atoms with van der Waals surface area (Å²) in [6, 6.07) is 6.60. The van der Waals surface area contributed by atoms with E-state index in [9.17, 15) is 4.79 Å². The average Bonchev–Trinajstić information content (AvgIpc) is 2.70. The van der Waals surface area contributed by atoms with E-state index in [0.717, 1.165) is 42.9 Å². The van der Waals surface area contributed by atoms with Crippen LogP contribution in [0.5, 0.6) is 0 Å². The fourth-order valence-corrected chi connectivity index (χ4v) is 3.85. The lowest BCUT2D eigenvalue weighted by atomic mass is 10.2. The summed E-state index contributed by atoms with van der Waals surface area (Å²) in [5.74, 6) is 0.858. The maximum Gasteiger partial charge on any atom is 0.255 e. The normalized spacial score (nSPS) is 15.0. The number of benzene rings is 1. The van der Waals surface area contributed by atoms with Crippen LogP contribution in [0.1, 0.15) is 6.92 Å². The number of rotatable bonds is 3. The highest BCUT2D eigenvalue weighted by molar-refractivity contribution is 6.33. The summed E-state index contributed by atoms with van der Waals surface area (Å²) >= 11 is 12.6. The Balaban J connectivity index is 1.75. The number of hydrogen-bond acceptors (Lipinski definition) is 5. The Kier molecular flexibility index (Phi) is 5.24. The third-order valence-electron chi connectivity index (χ3n) is 4.79. The Morgan fingerprint density at radius 1 is 1.07 bits per heavy atom. The van der Waals surface area contributed by atoms with Crippen LogP contribution in [-0.4, -0.2) is 45.6 Å². The number of fused-ring (bicyclic) bond motifs is 1. The van der Waals surface area contributed by atoms with Gasteiger partial charge in [-0.3, -0.25) is 9.36 Å². The summed E-state index contributed by atoms with van der Waals surface area (Å²) in [5, 5.41) is 1.77. The van der Waals surface area contributed by atoms with Crippen molar-refractivity contribution in [1.29, 1.82) is 0 Å². The quantitative estimate of drug-likeness (QED) is 0.651. The molecule has 3 aromatic rings. The van der Waals surface area contributed by atoms with Gasteiger partial charge in [0.15, 0.2) is 0 Å². The SMILES string of the molecule is CC=CN1CCN(c2ncnc3cc(-n4cc(Cl)ccc4=O)c(Cl)cc23)CC1. The Hall–Kier alpha value is -2.57. The molecule has 2 aromatic heterocycles. The molecule has 0 radical (unpaired) electrons. The van der Waals surface area contributed by atoms with Crippen LogP contribution in [0.25, 0.3) is 16.6 Å². The van der Waals surface area contributed by atoms with Gasteiger partial charge in [-0.15, -0.1) is 0 Å². The van der Waals surface area contributed by atoms with Crippen LogP contribution in [0.15, 0.2) is 53.9 Å². The van der Waals surface area contributed by atoms with E-state index in [-0.39, 0.29) is 5.56 Å². The predicted octanol–water partition coefficient (Wildman–Crippen LogP) is 3.74. The van der Waals surface area contributed by atoms with Crippen molar-refractivity contribution in [2.75, 3.05) is 31.1 Å². The summed E-state index contributed by atoms with van der Waals surface area (Å²) in [6.07, 6.45) is 7.27. The van der Waals surface area contributed by atoms with E-state index in [0.29, 0.717) is 15.7 Å². The monoisotopic (exact) mass is 415 g/mol. The van der Waals surface area contributed by atoms with Gasteiger partial charge in [-0.25, -0.2) is 9.97 Å². The van der Waals surface area contributed by atoms with E-state index >= 15 is 0 Å². The van der Waals surface area contributed by atoms with Gasteiger partial charge in [-0.1, -0.05) is 29.3 Å². The predicted molar refractivity (Wildman–Crippen MR) is 114 cm³/mol. The fourth-order valence-electron chi connectivity index (χ4n) is 3.43. The van der Waals surface area contributed by atoms with Gasteiger partial charge in [0.1, 0.15) is 12.1 Å². The summed E-state index contributed by atoms with van der Waals surface area (Å²) in [4.78, 5) is 25.7. The third-order valence-corrected chi connectivity index (χ3v) is 5.32. The van der Waals surface area contributed by atoms with Crippen LogP contribution in [0.2, 0.25) is 10.0 Å². The van der Waals surface area contributed by atoms with Crippen molar-refractivity contribution in [3.63, 3.8) is 0 Å². The van der Waals surface area contributed by atoms with Crippen LogP contribution >= 0.6 is 23.2 Å². The Morgan fingerprint density at radius 3 is 2.61 bits per heavy atom. The van der Waals surface area contributed by atoms with E-state index in [1.807, 2.05) is 13.0 Å². The first-order valence-corrected chi connectivity index (χ1v) is 9.77. The molecule has 4 rings (SSSR count). The molecule has 8 heteroatoms. The number of allylic oxidation sites excluding steroid dienone is 1. The standard InChI is InChI=1S/C20H19Cl2N5O/c1-2-5-25-6-8-26(9-7-25)20-15-10-16(22)18(11-17(15)23-13-24-20)27-12-14(21)3-4-19(27)28/h2-5,10-13H,6-9H2,1H3. The molecule has 1 aliphatic rings. The number of aromatic nitrogens is 3. The van der Waals surface area contributed by atoms with E-state index in [2.05, 4.69) is 32.0 Å². The molecule has 0 saturated carbocycles. The molecule has 0 N–H and O–H groups in total. The van der Waals surface area contributed by atoms with Crippen molar-refractivity contribution in [2.24, 2.45) is 0 Å². The van der Waals surface area contributed by atoms with Crippen molar-refractivity contribution in [3.05, 3.63) is 69.5 Å². The summed E-state index contributed by atoms with van der Waals surface area (Å²) in [7, 11) is 0. The molecular formula is C20H19Cl2N5O. The smallest absolute Gasteiger partial charge is 0.255 e. The van der Waals surface area contributed by atoms with Crippen molar-refractivity contribution >= 4 is 39.9 Å². The summed E-state index contributed by atoms with van der Waals surface area (Å²) in [6.45, 7) is 5.61. The van der Waals surface area contributed by atoms with Gasteiger partial charge in [0.2, 0.25) is 0 Å². The van der Waals surface area contributed by atoms with E-state index < -0.39 is 0 Å². The lowest BCUT2D eigenvalue weighted by Gasteiger charge is -2.35. The van der Waals surface area contributed by atoms with Gasteiger partial charge < -0.3 is 9.80 Å². The zero-order chi connectivity index (χ0) is 19.7. The van der Waals surface area contributed by atoms with E-state index in [1.54, 1.807) is 24.7 Å². The van der Waals surface area contributed by atoms with Gasteiger partial charge in [0.25, 0.3) is 5.56 Å². The van der Waals surface area contributed by atoms with Gasteiger partial charge >= 0.3 is 0 Å². The van der Waals surface area contributed by atoms with Crippen LogP contribution in [-0.2, 0) is 0 Å². The van der Waals surface area contributed by atoms with Gasteiger partial charge in [-0.05, 0) is 31.3 Å². The average molecular weight is 416 g/mol. The molecule has 0 bridgehead atoms. The number of piperazine rings is 1. The van der Waals surface area contributed by atoms with Crippen molar-refractivity contribution in [2.45, 2.75) is 6.92 Å². The molecular weight excluding hydrogens is 397 g/mol. The first-order chi connectivity index (χ1) is 13.6. The molecule has 1 aliphatic heterocycles. The zero-order valence-electron chi connectivity index (χ0n) is 15.3. The second kappa shape index (κ2) is 7.81. The lowest BCUT2D eigenvalue weighted by Crippen LogP contribution is -2.44. The number of anilines is 1. The lowest BCUT2D eigenvalue weighted by molar-refractivity contribution is 0.348. The highest BCUT2D eigenvalue weighted by Gasteiger charge is 2.19. The summed E-state index contributed by atoms with van der Waals surface area (Å²) < 4.78 is 1.43. The molecule has 1 aromatic carbocycles. The minimum atomic E-state index is -0.208. The molecule has 0 unspecified atom stereocenters. The molecule has 6 nitrogen and oxygen atoms in total. The molecule has 0 aliphatic carbocycles. The Bertz CT molecular complexity index is 1100. The van der Waals surface area contributed by atoms with Crippen LogP contribution in [0.3, 0.4) is 0 Å².